The third kappa shape index (κ3) is 4.28. The van der Waals surface area contributed by atoms with Gasteiger partial charge in [-0.05, 0) is 44.1 Å². The molecule has 0 unspecified atom stereocenters. The minimum absolute atomic E-state index is 0.0415. The predicted octanol–water partition coefficient (Wildman–Crippen LogP) is 2.19. The van der Waals surface area contributed by atoms with Crippen molar-refractivity contribution >= 4 is 11.9 Å². The van der Waals surface area contributed by atoms with Crippen LogP contribution in [-0.4, -0.2) is 54.5 Å². The lowest BCUT2D eigenvalue weighted by molar-refractivity contribution is -0.131. The third-order valence-electron chi connectivity index (χ3n) is 4.99. The maximum absolute atomic E-state index is 12.1. The van der Waals surface area contributed by atoms with Gasteiger partial charge in [-0.3, -0.25) is 4.79 Å². The highest BCUT2D eigenvalue weighted by Crippen LogP contribution is 2.20. The first-order valence-electron chi connectivity index (χ1n) is 8.98. The zero-order chi connectivity index (χ0) is 16.9. The van der Waals surface area contributed by atoms with Crippen LogP contribution in [0, 0.1) is 12.8 Å². The van der Waals surface area contributed by atoms with E-state index in [0.29, 0.717) is 5.92 Å². The maximum Gasteiger partial charge on any atom is 0.317 e. The first-order chi connectivity index (χ1) is 11.6. The Balaban J connectivity index is 1.35. The van der Waals surface area contributed by atoms with Crippen LogP contribution in [0.1, 0.15) is 30.4 Å². The topological polar surface area (TPSA) is 52.7 Å². The summed E-state index contributed by atoms with van der Waals surface area (Å²) in [5, 5.41) is 2.77. The summed E-state index contributed by atoms with van der Waals surface area (Å²) in [6.45, 7) is 5.42. The van der Waals surface area contributed by atoms with E-state index in [1.165, 1.54) is 17.5 Å². The van der Waals surface area contributed by atoms with Crippen molar-refractivity contribution in [1.82, 2.24) is 15.1 Å². The fourth-order valence-electron chi connectivity index (χ4n) is 3.44. The highest BCUT2D eigenvalue weighted by atomic mass is 16.2. The van der Waals surface area contributed by atoms with Gasteiger partial charge in [0.15, 0.2) is 0 Å². The molecule has 0 aliphatic carbocycles. The Morgan fingerprint density at radius 2 is 1.71 bits per heavy atom. The number of rotatable bonds is 4. The second-order valence-corrected chi connectivity index (χ2v) is 7.06. The monoisotopic (exact) mass is 329 g/mol. The van der Waals surface area contributed by atoms with Crippen LogP contribution in [0.2, 0.25) is 0 Å². The number of carbonyl (C=O) groups is 2. The van der Waals surface area contributed by atoms with Gasteiger partial charge in [-0.25, -0.2) is 4.79 Å². The summed E-state index contributed by atoms with van der Waals surface area (Å²) in [6, 6.07) is 8.47. The Morgan fingerprint density at radius 1 is 1.04 bits per heavy atom. The van der Waals surface area contributed by atoms with Crippen molar-refractivity contribution in [1.29, 1.82) is 0 Å². The molecule has 2 saturated heterocycles. The maximum atomic E-state index is 12.1. The van der Waals surface area contributed by atoms with Crippen LogP contribution in [0.5, 0.6) is 0 Å². The van der Waals surface area contributed by atoms with Crippen LogP contribution in [-0.2, 0) is 11.2 Å². The number of hydrogen-bond donors (Lipinski definition) is 1. The van der Waals surface area contributed by atoms with Gasteiger partial charge in [-0.2, -0.15) is 0 Å². The van der Waals surface area contributed by atoms with Gasteiger partial charge < -0.3 is 15.1 Å². The summed E-state index contributed by atoms with van der Waals surface area (Å²) < 4.78 is 0. The average molecular weight is 329 g/mol. The summed E-state index contributed by atoms with van der Waals surface area (Å²) in [4.78, 5) is 27.8. The minimum Gasteiger partial charge on any atom is -0.341 e. The molecule has 1 N–H and O–H groups in total. The third-order valence-corrected chi connectivity index (χ3v) is 4.99. The molecule has 5 nitrogen and oxygen atoms in total. The van der Waals surface area contributed by atoms with Crippen LogP contribution in [0.15, 0.2) is 24.3 Å². The number of carbonyl (C=O) groups excluding carboxylic acids is 2. The zero-order valence-corrected chi connectivity index (χ0v) is 14.5. The minimum atomic E-state index is -0.111. The molecule has 1 aromatic rings. The molecule has 3 amide bonds. The van der Waals surface area contributed by atoms with E-state index in [9.17, 15) is 9.59 Å². The second-order valence-electron chi connectivity index (χ2n) is 7.06. The molecular weight excluding hydrogens is 302 g/mol. The van der Waals surface area contributed by atoms with Crippen LogP contribution in [0.4, 0.5) is 4.79 Å². The van der Waals surface area contributed by atoms with Gasteiger partial charge in [-0.15, -0.1) is 0 Å². The van der Waals surface area contributed by atoms with E-state index >= 15 is 0 Å². The molecule has 5 heteroatoms. The van der Waals surface area contributed by atoms with E-state index in [4.69, 9.17) is 0 Å². The average Bonchev–Trinajstić information content (AvgIpc) is 2.57. The van der Waals surface area contributed by atoms with E-state index in [1.54, 1.807) is 4.90 Å². The standard InChI is InChI=1S/C19H27N3O2/c1-15-5-7-16(8-6-15)11-17-13-22(14-17)19(24)20-12-18(23)21-9-3-2-4-10-21/h5-8,17H,2-4,9-14H2,1H3,(H,20,24). The summed E-state index contributed by atoms with van der Waals surface area (Å²) >= 11 is 0. The van der Waals surface area contributed by atoms with E-state index < -0.39 is 0 Å². The fraction of sp³-hybridized carbons (Fsp3) is 0.579. The number of nitrogens with one attached hydrogen (secondary N) is 1. The molecule has 0 atom stereocenters. The van der Waals surface area contributed by atoms with E-state index in [2.05, 4.69) is 36.5 Å². The number of hydrogen-bond acceptors (Lipinski definition) is 2. The van der Waals surface area contributed by atoms with Gasteiger partial charge in [0.2, 0.25) is 5.91 Å². The van der Waals surface area contributed by atoms with E-state index in [-0.39, 0.29) is 18.5 Å². The summed E-state index contributed by atoms with van der Waals surface area (Å²) in [6.07, 6.45) is 4.36. The fourth-order valence-corrected chi connectivity index (χ4v) is 3.44. The van der Waals surface area contributed by atoms with Crippen LogP contribution in [0.3, 0.4) is 0 Å². The first-order valence-corrected chi connectivity index (χ1v) is 8.98. The van der Waals surface area contributed by atoms with Gasteiger partial charge in [0.25, 0.3) is 0 Å². The van der Waals surface area contributed by atoms with Crippen molar-refractivity contribution in [2.24, 2.45) is 5.92 Å². The van der Waals surface area contributed by atoms with Crippen molar-refractivity contribution < 1.29 is 9.59 Å². The molecule has 0 radical (unpaired) electrons. The molecule has 2 aliphatic rings. The SMILES string of the molecule is Cc1ccc(CC2CN(C(=O)NCC(=O)N3CCCCC3)C2)cc1. The number of aryl methyl sites for hydroxylation is 1. The largest absolute Gasteiger partial charge is 0.341 e. The molecule has 2 heterocycles. The van der Waals surface area contributed by atoms with Crippen molar-refractivity contribution in [3.63, 3.8) is 0 Å². The number of amides is 3. The second kappa shape index (κ2) is 7.69. The lowest BCUT2D eigenvalue weighted by Gasteiger charge is -2.39. The molecule has 2 aliphatic heterocycles. The van der Waals surface area contributed by atoms with Gasteiger partial charge >= 0.3 is 6.03 Å². The highest BCUT2D eigenvalue weighted by molar-refractivity contribution is 5.84. The molecular formula is C19H27N3O2. The molecule has 2 fully saturated rings. The molecule has 0 spiro atoms. The lowest BCUT2D eigenvalue weighted by atomic mass is 9.92. The Kier molecular flexibility index (Phi) is 5.38. The van der Waals surface area contributed by atoms with Gasteiger partial charge in [0, 0.05) is 26.2 Å². The predicted molar refractivity (Wildman–Crippen MR) is 93.8 cm³/mol. The summed E-state index contributed by atoms with van der Waals surface area (Å²) in [7, 11) is 0. The number of nitrogens with zero attached hydrogens (tertiary/aromatic N) is 2. The van der Waals surface area contributed by atoms with Gasteiger partial charge in [0.05, 0.1) is 6.54 Å². The van der Waals surface area contributed by atoms with E-state index in [1.807, 2.05) is 4.90 Å². The highest BCUT2D eigenvalue weighted by Gasteiger charge is 2.30. The van der Waals surface area contributed by atoms with Crippen LogP contribution in [0.25, 0.3) is 0 Å². The van der Waals surface area contributed by atoms with Gasteiger partial charge in [-0.1, -0.05) is 29.8 Å². The van der Waals surface area contributed by atoms with Crippen molar-refractivity contribution in [2.75, 3.05) is 32.7 Å². The number of benzene rings is 1. The molecule has 130 valence electrons. The zero-order valence-electron chi connectivity index (χ0n) is 14.5. The molecule has 24 heavy (non-hydrogen) atoms. The number of likely N-dealkylation sites (tertiary alicyclic amines) is 2. The smallest absolute Gasteiger partial charge is 0.317 e. The quantitative estimate of drug-likeness (QED) is 0.921. The van der Waals surface area contributed by atoms with E-state index in [0.717, 1.165) is 45.4 Å². The normalized spacial score (nSPS) is 18.2. The molecule has 3 rings (SSSR count). The molecule has 0 aromatic heterocycles. The van der Waals surface area contributed by atoms with Crippen LogP contribution < -0.4 is 5.32 Å². The van der Waals surface area contributed by atoms with Gasteiger partial charge in [0.1, 0.15) is 0 Å². The van der Waals surface area contributed by atoms with Crippen molar-refractivity contribution in [2.45, 2.75) is 32.6 Å². The lowest BCUT2D eigenvalue weighted by Crippen LogP contribution is -2.55. The number of piperidine rings is 1. The molecule has 0 saturated carbocycles. The van der Waals surface area contributed by atoms with Crippen molar-refractivity contribution in [3.05, 3.63) is 35.4 Å². The number of urea groups is 1. The Labute approximate surface area is 144 Å². The Morgan fingerprint density at radius 3 is 2.38 bits per heavy atom. The summed E-state index contributed by atoms with van der Waals surface area (Å²) in [5.74, 6) is 0.566. The molecule has 0 bridgehead atoms. The van der Waals surface area contributed by atoms with Crippen LogP contribution >= 0.6 is 0 Å². The summed E-state index contributed by atoms with van der Waals surface area (Å²) in [5.41, 5.74) is 2.60. The molecule has 1 aromatic carbocycles. The van der Waals surface area contributed by atoms with Crippen molar-refractivity contribution in [3.8, 4) is 0 Å². The Bertz CT molecular complexity index is 573. The first kappa shape index (κ1) is 16.8. The Hall–Kier alpha value is -2.04.